The molecule has 0 unspecified atom stereocenters. The largest absolute Gasteiger partial charge is 0.493 e. The summed E-state index contributed by atoms with van der Waals surface area (Å²) in [5.74, 6) is -2.18. The van der Waals surface area contributed by atoms with E-state index in [1.54, 1.807) is 43.5 Å². The second-order valence-corrected chi connectivity index (χ2v) is 16.7. The van der Waals surface area contributed by atoms with Crippen molar-refractivity contribution in [1.29, 1.82) is 0 Å². The standard InChI is InChI=1S/C53H66N8O11/c1-10-14-19-55-43-26-47(45(70-9)24-41(43)53(68)60-33(6)12-3)72-31-36-20-35(30-71-46-25-42(54-13-4)40(23-44(46)69-8)52(67)59-32(5)11-2)21-39(22-36)61-50(65)29-57-48(63)27-56-49(64)28-58-51(66)38-17-15-37(16-18-38)34(7)62/h11-12,19-26,37-38,54H,2-3,5-6,10,13-18,27-31H2,1,4,7-9H3,(H,56,64)(H,57,63)(H,58,66)(H,59,67)(H,60,68)(H,61,65)/b55-19-. The van der Waals surface area contributed by atoms with Gasteiger partial charge < -0.3 is 56.2 Å². The van der Waals surface area contributed by atoms with Crippen LogP contribution in [0.15, 0.2) is 97.3 Å². The van der Waals surface area contributed by atoms with E-state index in [1.807, 2.05) is 13.8 Å². The molecule has 4 rings (SSSR count). The van der Waals surface area contributed by atoms with E-state index in [4.69, 9.17) is 18.9 Å². The van der Waals surface area contributed by atoms with Crippen LogP contribution in [0.5, 0.6) is 23.0 Å². The van der Waals surface area contributed by atoms with Gasteiger partial charge in [0, 0.05) is 53.8 Å². The number of carbonyl (C=O) groups is 7. The molecule has 3 aromatic carbocycles. The number of ether oxygens (including phenoxy) is 4. The first kappa shape index (κ1) is 56.4. The number of amides is 6. The molecule has 19 heteroatoms. The number of anilines is 2. The average Bonchev–Trinajstić information content (AvgIpc) is 3.37. The molecule has 1 fully saturated rings. The Balaban J connectivity index is 1.53. The minimum atomic E-state index is -0.648. The zero-order valence-electron chi connectivity index (χ0n) is 41.7. The number of hydrogen-bond donors (Lipinski definition) is 7. The van der Waals surface area contributed by atoms with E-state index in [0.29, 0.717) is 84.0 Å². The lowest BCUT2D eigenvalue weighted by atomic mass is 9.80. The molecular formula is C53H66N8O11. The number of allylic oxidation sites excluding steroid dienone is 2. The van der Waals surface area contributed by atoms with Gasteiger partial charge in [0.2, 0.25) is 23.6 Å². The minimum absolute atomic E-state index is 0.0385. The fraction of sp³-hybridized carbons (Fsp3) is 0.358. The number of rotatable bonds is 28. The van der Waals surface area contributed by atoms with Crippen LogP contribution in [0.2, 0.25) is 0 Å². The molecule has 0 spiro atoms. The van der Waals surface area contributed by atoms with Crippen molar-refractivity contribution in [1.82, 2.24) is 26.6 Å². The monoisotopic (exact) mass is 990 g/mol. The highest BCUT2D eigenvalue weighted by Crippen LogP contribution is 2.37. The number of unbranched alkanes of at least 4 members (excludes halogenated alkanes) is 1. The average molecular weight is 991 g/mol. The van der Waals surface area contributed by atoms with E-state index >= 15 is 0 Å². The lowest BCUT2D eigenvalue weighted by molar-refractivity contribution is -0.131. The first-order chi connectivity index (χ1) is 34.5. The van der Waals surface area contributed by atoms with Crippen LogP contribution in [0.4, 0.5) is 17.1 Å². The number of methoxy groups -OCH3 is 2. The maximum atomic E-state index is 13.3. The van der Waals surface area contributed by atoms with Crippen molar-refractivity contribution < 1.29 is 52.5 Å². The van der Waals surface area contributed by atoms with Crippen molar-refractivity contribution in [2.24, 2.45) is 16.8 Å². The Morgan fingerprint density at radius 3 is 1.69 bits per heavy atom. The molecule has 1 aliphatic rings. The van der Waals surface area contributed by atoms with Gasteiger partial charge in [0.25, 0.3) is 11.8 Å². The molecule has 0 saturated heterocycles. The van der Waals surface area contributed by atoms with Gasteiger partial charge in [0.05, 0.1) is 56.4 Å². The summed E-state index contributed by atoms with van der Waals surface area (Å²) in [6.45, 7) is 19.4. The minimum Gasteiger partial charge on any atom is -0.493 e. The number of nitrogens with zero attached hydrogens (tertiary/aromatic N) is 1. The third-order valence-corrected chi connectivity index (χ3v) is 11.2. The predicted octanol–water partition coefficient (Wildman–Crippen LogP) is 6.34. The predicted molar refractivity (Wildman–Crippen MR) is 276 cm³/mol. The molecule has 1 saturated carbocycles. The second kappa shape index (κ2) is 28.4. The molecule has 1 aliphatic carbocycles. The van der Waals surface area contributed by atoms with Gasteiger partial charge >= 0.3 is 0 Å². The van der Waals surface area contributed by atoms with Crippen molar-refractivity contribution in [3.8, 4) is 23.0 Å². The van der Waals surface area contributed by atoms with Crippen LogP contribution in [0.3, 0.4) is 0 Å². The van der Waals surface area contributed by atoms with Crippen molar-refractivity contribution in [3.05, 3.63) is 115 Å². The Kier molecular flexibility index (Phi) is 22.3. The van der Waals surface area contributed by atoms with Gasteiger partial charge in [0.1, 0.15) is 19.0 Å². The summed E-state index contributed by atoms with van der Waals surface area (Å²) in [5.41, 5.74) is 3.32. The molecule has 0 bridgehead atoms. The third kappa shape index (κ3) is 17.3. The van der Waals surface area contributed by atoms with Crippen molar-refractivity contribution in [3.63, 3.8) is 0 Å². The molecule has 384 valence electrons. The molecule has 6 amide bonds. The van der Waals surface area contributed by atoms with Crippen LogP contribution >= 0.6 is 0 Å². The third-order valence-electron chi connectivity index (χ3n) is 11.2. The summed E-state index contributed by atoms with van der Waals surface area (Å²) in [4.78, 5) is 93.7. The first-order valence-electron chi connectivity index (χ1n) is 23.5. The van der Waals surface area contributed by atoms with E-state index in [9.17, 15) is 33.6 Å². The van der Waals surface area contributed by atoms with Gasteiger partial charge in [-0.1, -0.05) is 39.7 Å². The van der Waals surface area contributed by atoms with E-state index < -0.39 is 42.6 Å². The number of aliphatic imine (C=N–C) groups is 1. The first-order valence-corrected chi connectivity index (χ1v) is 23.5. The summed E-state index contributed by atoms with van der Waals surface area (Å²) in [6.07, 6.45) is 8.40. The molecule has 0 radical (unpaired) electrons. The van der Waals surface area contributed by atoms with Crippen LogP contribution in [-0.4, -0.2) is 87.8 Å². The van der Waals surface area contributed by atoms with Gasteiger partial charge in [0.15, 0.2) is 23.0 Å². The second-order valence-electron chi connectivity index (χ2n) is 16.7. The Morgan fingerprint density at radius 2 is 1.17 bits per heavy atom. The highest BCUT2D eigenvalue weighted by atomic mass is 16.5. The van der Waals surface area contributed by atoms with Crippen LogP contribution < -0.4 is 56.2 Å². The van der Waals surface area contributed by atoms with Crippen molar-refractivity contribution in [2.45, 2.75) is 72.5 Å². The summed E-state index contributed by atoms with van der Waals surface area (Å²) >= 11 is 0. The molecular weight excluding hydrogens is 925 g/mol. The molecule has 3 aromatic rings. The van der Waals surface area contributed by atoms with Gasteiger partial charge in [-0.05, 0) is 99.6 Å². The normalized spacial score (nSPS) is 13.8. The Morgan fingerprint density at radius 1 is 0.653 bits per heavy atom. The summed E-state index contributed by atoms with van der Waals surface area (Å²) < 4.78 is 23.9. The number of hydrogen-bond acceptors (Lipinski definition) is 13. The van der Waals surface area contributed by atoms with E-state index in [1.165, 1.54) is 38.5 Å². The summed E-state index contributed by atoms with van der Waals surface area (Å²) in [6, 6.07) is 11.4. The molecule has 72 heavy (non-hydrogen) atoms. The lowest BCUT2D eigenvalue weighted by Gasteiger charge is -2.26. The zero-order valence-corrected chi connectivity index (χ0v) is 41.7. The topological polar surface area (TPSA) is 253 Å². The highest BCUT2D eigenvalue weighted by molar-refractivity contribution is 6.02. The number of Topliss-reactive ketones (excluding diaryl/α,β-unsaturated/α-hetero) is 1. The number of ketones is 1. The Labute approximate surface area is 420 Å². The molecule has 19 nitrogen and oxygen atoms in total. The SMILES string of the molecule is C=CC(=C)NC(=O)c1cc(OC)c(OCc2cc(COc3cc(NCC)c(C(=O)NC(=C)C=C)cc3OC)cc(NC(=O)CNC(=O)CNC(=O)CNC(=O)C3CCC(C(C)=O)CC3)c2)cc1/N=C\CCC. The Hall–Kier alpha value is -8.22. The maximum absolute atomic E-state index is 13.3. The number of carbonyl (C=O) groups excluding carboxylic acids is 7. The van der Waals surface area contributed by atoms with Crippen LogP contribution in [-0.2, 0) is 37.2 Å². The number of nitrogens with one attached hydrogen (secondary N) is 7. The zero-order chi connectivity index (χ0) is 52.7. The van der Waals surface area contributed by atoms with E-state index in [-0.39, 0.29) is 71.7 Å². The molecule has 0 aliphatic heterocycles. The molecule has 0 aromatic heterocycles. The van der Waals surface area contributed by atoms with Crippen LogP contribution in [0, 0.1) is 11.8 Å². The molecule has 0 atom stereocenters. The van der Waals surface area contributed by atoms with Crippen molar-refractivity contribution in [2.75, 3.05) is 51.0 Å². The van der Waals surface area contributed by atoms with E-state index in [2.05, 4.69) is 68.5 Å². The fourth-order valence-electron chi connectivity index (χ4n) is 7.37. The quantitative estimate of drug-likeness (QED) is 0.0311. The van der Waals surface area contributed by atoms with Gasteiger partial charge in [-0.15, -0.1) is 0 Å². The van der Waals surface area contributed by atoms with Crippen LogP contribution in [0.1, 0.15) is 91.1 Å². The Bertz CT molecular complexity index is 2560. The number of benzene rings is 3. The van der Waals surface area contributed by atoms with E-state index in [0.717, 1.165) is 6.42 Å². The molecule has 0 heterocycles. The lowest BCUT2D eigenvalue weighted by Crippen LogP contribution is -2.44. The summed E-state index contributed by atoms with van der Waals surface area (Å²) in [5, 5.41) is 18.8. The van der Waals surface area contributed by atoms with Crippen molar-refractivity contribution >= 4 is 64.5 Å². The van der Waals surface area contributed by atoms with Crippen LogP contribution in [0.25, 0.3) is 0 Å². The molecule has 7 N–H and O–H groups in total. The smallest absolute Gasteiger partial charge is 0.257 e. The van der Waals surface area contributed by atoms with Gasteiger partial charge in [-0.3, -0.25) is 38.6 Å². The summed E-state index contributed by atoms with van der Waals surface area (Å²) in [7, 11) is 2.87. The fourth-order valence-corrected chi connectivity index (χ4v) is 7.37. The van der Waals surface area contributed by atoms with Gasteiger partial charge in [-0.2, -0.15) is 0 Å². The highest BCUT2D eigenvalue weighted by Gasteiger charge is 2.28. The maximum Gasteiger partial charge on any atom is 0.257 e. The van der Waals surface area contributed by atoms with Gasteiger partial charge in [-0.25, -0.2) is 0 Å².